The molecular formula is C9H8Cl2FNO. The molecule has 0 heterocycles. The number of hydrogen-bond donors (Lipinski definition) is 0. The second-order valence-electron chi connectivity index (χ2n) is 2.68. The maximum absolute atomic E-state index is 12.8. The van der Waals surface area contributed by atoms with E-state index in [2.05, 4.69) is 0 Å². The summed E-state index contributed by atoms with van der Waals surface area (Å²) in [6.45, 7) is 0. The van der Waals surface area contributed by atoms with Crippen LogP contribution in [0.5, 0.6) is 0 Å². The number of hydrogen-bond acceptors (Lipinski definition) is 1. The molecule has 0 aromatic heterocycles. The Hall–Kier alpha value is -0.800. The van der Waals surface area contributed by atoms with Gasteiger partial charge in [0.25, 0.3) is 0 Å². The normalized spacial score (nSPS) is 10.0. The van der Waals surface area contributed by atoms with Crippen LogP contribution in [0.25, 0.3) is 0 Å². The Morgan fingerprint density at radius 2 is 2.21 bits per heavy atom. The fourth-order valence-electron chi connectivity index (χ4n) is 0.927. The summed E-state index contributed by atoms with van der Waals surface area (Å²) in [7, 11) is 1.55. The summed E-state index contributed by atoms with van der Waals surface area (Å²) in [4.78, 5) is 12.5. The number of carbonyl (C=O) groups excluding carboxylic acids is 1. The minimum Gasteiger partial charge on any atom is -0.314 e. The molecule has 1 aromatic rings. The summed E-state index contributed by atoms with van der Waals surface area (Å²) in [5.74, 6) is -0.901. The largest absolute Gasteiger partial charge is 0.314 e. The van der Waals surface area contributed by atoms with Crippen LogP contribution in [0.2, 0.25) is 5.02 Å². The zero-order valence-corrected chi connectivity index (χ0v) is 8.94. The third-order valence-corrected chi connectivity index (χ3v) is 2.30. The van der Waals surface area contributed by atoms with E-state index in [0.717, 1.165) is 0 Å². The van der Waals surface area contributed by atoms with E-state index in [4.69, 9.17) is 23.2 Å². The maximum atomic E-state index is 12.8. The van der Waals surface area contributed by atoms with Crippen LogP contribution >= 0.6 is 23.2 Å². The summed E-state index contributed by atoms with van der Waals surface area (Å²) in [6.07, 6.45) is 0. The number of alkyl halides is 1. The number of anilines is 1. The van der Waals surface area contributed by atoms with Gasteiger partial charge in [-0.25, -0.2) is 4.39 Å². The fraction of sp³-hybridized carbons (Fsp3) is 0.222. The molecule has 1 amide bonds. The van der Waals surface area contributed by atoms with E-state index < -0.39 is 5.82 Å². The molecule has 2 nitrogen and oxygen atoms in total. The van der Waals surface area contributed by atoms with Gasteiger partial charge < -0.3 is 4.90 Å². The highest BCUT2D eigenvalue weighted by Crippen LogP contribution is 2.21. The molecule has 0 unspecified atom stereocenters. The lowest BCUT2D eigenvalue weighted by atomic mass is 10.3. The van der Waals surface area contributed by atoms with Crippen LogP contribution in [0, 0.1) is 5.82 Å². The molecule has 1 rings (SSSR count). The Morgan fingerprint density at radius 3 is 2.71 bits per heavy atom. The first kappa shape index (κ1) is 11.3. The molecule has 0 saturated carbocycles. The summed E-state index contributed by atoms with van der Waals surface area (Å²) in [5.41, 5.74) is 0.516. The van der Waals surface area contributed by atoms with Gasteiger partial charge in [-0.15, -0.1) is 11.6 Å². The standard InChI is InChI=1S/C9H8Cl2FNO/c1-13(9(14)5-10)6-2-3-8(12)7(11)4-6/h2-4H,5H2,1H3. The van der Waals surface area contributed by atoms with Crippen molar-refractivity contribution >= 4 is 34.8 Å². The number of amides is 1. The third kappa shape index (κ3) is 2.36. The fourth-order valence-corrected chi connectivity index (χ4v) is 1.28. The van der Waals surface area contributed by atoms with Gasteiger partial charge in [0.1, 0.15) is 11.7 Å². The molecule has 0 radical (unpaired) electrons. The molecule has 76 valence electrons. The average molecular weight is 236 g/mol. The van der Waals surface area contributed by atoms with E-state index in [1.807, 2.05) is 0 Å². The lowest BCUT2D eigenvalue weighted by Gasteiger charge is -2.15. The van der Waals surface area contributed by atoms with E-state index in [-0.39, 0.29) is 16.8 Å². The van der Waals surface area contributed by atoms with Crippen molar-refractivity contribution in [3.05, 3.63) is 29.0 Å². The molecule has 0 aliphatic rings. The van der Waals surface area contributed by atoms with E-state index in [1.165, 1.54) is 23.1 Å². The van der Waals surface area contributed by atoms with Gasteiger partial charge in [-0.1, -0.05) is 11.6 Å². The van der Waals surface area contributed by atoms with Crippen LogP contribution in [0.15, 0.2) is 18.2 Å². The molecule has 1 aromatic carbocycles. The van der Waals surface area contributed by atoms with Gasteiger partial charge in [0.05, 0.1) is 5.02 Å². The summed E-state index contributed by atoms with van der Waals surface area (Å²) < 4.78 is 12.8. The Kier molecular flexibility index (Phi) is 3.72. The number of benzene rings is 1. The van der Waals surface area contributed by atoms with Gasteiger partial charge in [-0.2, -0.15) is 0 Å². The van der Waals surface area contributed by atoms with E-state index in [1.54, 1.807) is 7.05 Å². The van der Waals surface area contributed by atoms with E-state index >= 15 is 0 Å². The van der Waals surface area contributed by atoms with Crippen molar-refractivity contribution in [3.8, 4) is 0 Å². The topological polar surface area (TPSA) is 20.3 Å². The highest BCUT2D eigenvalue weighted by atomic mass is 35.5. The minimum atomic E-state index is -0.512. The smallest absolute Gasteiger partial charge is 0.241 e. The first-order chi connectivity index (χ1) is 6.56. The van der Waals surface area contributed by atoms with Crippen molar-refractivity contribution < 1.29 is 9.18 Å². The van der Waals surface area contributed by atoms with Crippen LogP contribution in [0.1, 0.15) is 0 Å². The summed E-state index contributed by atoms with van der Waals surface area (Å²) in [5, 5.41) is -0.0169. The van der Waals surface area contributed by atoms with Crippen molar-refractivity contribution in [2.45, 2.75) is 0 Å². The Labute approximate surface area is 91.2 Å². The van der Waals surface area contributed by atoms with Gasteiger partial charge in [0.2, 0.25) is 5.91 Å². The summed E-state index contributed by atoms with van der Waals surface area (Å²) >= 11 is 10.9. The van der Waals surface area contributed by atoms with Gasteiger partial charge >= 0.3 is 0 Å². The van der Waals surface area contributed by atoms with Crippen LogP contribution < -0.4 is 4.90 Å². The van der Waals surface area contributed by atoms with Gasteiger partial charge in [0.15, 0.2) is 0 Å². The predicted octanol–water partition coefficient (Wildman–Crippen LogP) is 2.68. The molecule has 0 N–H and O–H groups in total. The molecule has 0 aliphatic heterocycles. The first-order valence-electron chi connectivity index (χ1n) is 3.84. The van der Waals surface area contributed by atoms with Crippen LogP contribution in [-0.2, 0) is 4.79 Å². The SMILES string of the molecule is CN(C(=O)CCl)c1ccc(F)c(Cl)c1. The van der Waals surface area contributed by atoms with Crippen molar-refractivity contribution in [1.82, 2.24) is 0 Å². The van der Waals surface area contributed by atoms with Crippen molar-refractivity contribution in [3.63, 3.8) is 0 Å². The molecule has 0 spiro atoms. The van der Waals surface area contributed by atoms with Gasteiger partial charge in [0, 0.05) is 12.7 Å². The van der Waals surface area contributed by atoms with E-state index in [9.17, 15) is 9.18 Å². The number of carbonyl (C=O) groups is 1. The zero-order valence-electron chi connectivity index (χ0n) is 7.43. The highest BCUT2D eigenvalue weighted by Gasteiger charge is 2.10. The molecule has 0 atom stereocenters. The quantitative estimate of drug-likeness (QED) is 0.723. The van der Waals surface area contributed by atoms with Crippen molar-refractivity contribution in [2.24, 2.45) is 0 Å². The summed E-state index contributed by atoms with van der Waals surface area (Å²) in [6, 6.07) is 4.04. The highest BCUT2D eigenvalue weighted by molar-refractivity contribution is 6.31. The molecular weight excluding hydrogens is 228 g/mol. The molecule has 0 bridgehead atoms. The predicted molar refractivity (Wildman–Crippen MR) is 55.5 cm³/mol. The molecule has 14 heavy (non-hydrogen) atoms. The van der Waals surface area contributed by atoms with Crippen LogP contribution in [-0.4, -0.2) is 18.8 Å². The molecule has 5 heteroatoms. The van der Waals surface area contributed by atoms with Crippen LogP contribution in [0.3, 0.4) is 0 Å². The van der Waals surface area contributed by atoms with Crippen LogP contribution in [0.4, 0.5) is 10.1 Å². The Morgan fingerprint density at radius 1 is 1.57 bits per heavy atom. The van der Waals surface area contributed by atoms with Gasteiger partial charge in [-0.05, 0) is 18.2 Å². The Balaban J connectivity index is 2.96. The minimum absolute atomic E-state index is 0.0169. The lowest BCUT2D eigenvalue weighted by Crippen LogP contribution is -2.27. The number of rotatable bonds is 2. The number of halogens is 3. The van der Waals surface area contributed by atoms with Crippen molar-refractivity contribution in [2.75, 3.05) is 17.8 Å². The average Bonchev–Trinajstić information content (AvgIpc) is 2.20. The molecule has 0 saturated heterocycles. The lowest BCUT2D eigenvalue weighted by molar-refractivity contribution is -0.116. The monoisotopic (exact) mass is 235 g/mol. The maximum Gasteiger partial charge on any atom is 0.241 e. The second kappa shape index (κ2) is 4.62. The van der Waals surface area contributed by atoms with E-state index in [0.29, 0.717) is 5.69 Å². The third-order valence-electron chi connectivity index (χ3n) is 1.78. The molecule has 0 fully saturated rings. The number of nitrogens with zero attached hydrogens (tertiary/aromatic N) is 1. The second-order valence-corrected chi connectivity index (χ2v) is 3.36. The molecule has 0 aliphatic carbocycles. The van der Waals surface area contributed by atoms with Crippen molar-refractivity contribution in [1.29, 1.82) is 0 Å². The van der Waals surface area contributed by atoms with Gasteiger partial charge in [-0.3, -0.25) is 4.79 Å². The zero-order chi connectivity index (χ0) is 10.7. The Bertz CT molecular complexity index is 357. The first-order valence-corrected chi connectivity index (χ1v) is 4.75.